The zero-order valence-electron chi connectivity index (χ0n) is 52.5. The first-order valence-electron chi connectivity index (χ1n) is 29.1. The Bertz CT molecular complexity index is 1170. The van der Waals surface area contributed by atoms with Crippen molar-refractivity contribution in [3.63, 3.8) is 0 Å². The summed E-state index contributed by atoms with van der Waals surface area (Å²) in [6.07, 6.45) is 13.4. The third-order valence-corrected chi connectivity index (χ3v) is 15.1. The number of rotatable bonds is 11. The van der Waals surface area contributed by atoms with E-state index in [2.05, 4.69) is 212 Å². The summed E-state index contributed by atoms with van der Waals surface area (Å²) in [4.78, 5) is 24.0. The van der Waals surface area contributed by atoms with Crippen LogP contribution < -0.4 is 0 Å². The maximum atomic E-state index is 11.5. The van der Waals surface area contributed by atoms with Crippen molar-refractivity contribution >= 4 is 119 Å². The van der Waals surface area contributed by atoms with Gasteiger partial charge in [0, 0.05) is 174 Å². The molecule has 0 aliphatic carbocycles. The first kappa shape index (κ1) is 83.1. The van der Waals surface area contributed by atoms with Gasteiger partial charge in [-0.1, -0.05) is 75.7 Å². The second-order valence-corrected chi connectivity index (χ2v) is 24.2. The Morgan fingerprint density at radius 1 is 0.446 bits per heavy atom. The highest BCUT2D eigenvalue weighted by atomic mass is 16.2. The van der Waals surface area contributed by atoms with Crippen LogP contribution in [0.15, 0.2) is 0 Å². The standard InChI is InChI=1S/3C11H23N.C10H19NO.C10H21N.B5.B4.B3.B2.B/c1-9(2)11-5-7-12(8-6-11)10(3)4;1-9(2)11-6-5-7-12(8-11)10(3)4;1-9(2)11-7-5-6-8-12(11)10(3)4;1-7(2)9-5-6-10(12)11(9)8(3)4;1-8(2)10-6-5-7-11(10)9(3)4;1-4-5(2)3;1-4(2)3;1-3-2;1-2;/h3*9-11H,5-8H2,1-4H3;7-9H,5-6H2,1-4H3;8-10H,5-7H2,1-4H3;;;;;. The minimum absolute atomic E-state index is 0. The van der Waals surface area contributed by atoms with E-state index in [1.807, 2.05) is 4.90 Å². The molecule has 4 atom stereocenters. The van der Waals surface area contributed by atoms with E-state index in [4.69, 9.17) is 23.2 Å². The molecule has 0 saturated carbocycles. The highest BCUT2D eigenvalue weighted by Gasteiger charge is 2.34. The Labute approximate surface area is 483 Å². The van der Waals surface area contributed by atoms with Gasteiger partial charge >= 0.3 is 0 Å². The predicted octanol–water partition coefficient (Wildman–Crippen LogP) is 7.28. The summed E-state index contributed by atoms with van der Waals surface area (Å²) in [7, 11) is 47.8. The lowest BCUT2D eigenvalue weighted by atomic mass is 8.97. The molecule has 5 rings (SSSR count). The molecule has 0 spiro atoms. The van der Waals surface area contributed by atoms with Crippen LogP contribution in [0, 0.1) is 41.4 Å². The average molecular weight is 995 g/mol. The average Bonchev–Trinajstić information content (AvgIpc) is 3.99. The molecule has 0 aromatic carbocycles. The maximum absolute atomic E-state index is 11.5. The Balaban J connectivity index is -0.000000251. The zero-order valence-corrected chi connectivity index (χ0v) is 52.5. The fourth-order valence-electron chi connectivity index (χ4n) is 10.7. The van der Waals surface area contributed by atoms with Gasteiger partial charge in [0.15, 0.2) is 0 Å². The van der Waals surface area contributed by atoms with E-state index in [1.54, 1.807) is 0 Å². The monoisotopic (exact) mass is 997 g/mol. The van der Waals surface area contributed by atoms with E-state index in [-0.39, 0.29) is 8.41 Å². The molecule has 5 aliphatic heterocycles. The molecular weight excluding hydrogens is 885 g/mol. The van der Waals surface area contributed by atoms with Gasteiger partial charge in [0.1, 0.15) is 0 Å². The molecule has 0 aromatic heterocycles. The quantitative estimate of drug-likeness (QED) is 0.204. The number of hydrogen-bond donors (Lipinski definition) is 0. The van der Waals surface area contributed by atoms with Gasteiger partial charge in [0.25, 0.3) is 0 Å². The number of carbonyl (C=O) groups excluding carboxylic acids is 1. The third kappa shape index (κ3) is 39.6. The summed E-state index contributed by atoms with van der Waals surface area (Å²) in [5.74, 6) is 6.28. The summed E-state index contributed by atoms with van der Waals surface area (Å²) in [6.45, 7) is 53.8. The Morgan fingerprint density at radius 2 is 0.811 bits per heavy atom. The molecule has 0 bridgehead atoms. The van der Waals surface area contributed by atoms with Crippen molar-refractivity contribution < 1.29 is 4.79 Å². The van der Waals surface area contributed by atoms with Gasteiger partial charge in [-0.15, -0.1) is 0 Å². The van der Waals surface area contributed by atoms with Crippen LogP contribution >= 0.6 is 0 Å². The van der Waals surface area contributed by atoms with Gasteiger partial charge in [-0.05, 0) is 201 Å². The van der Waals surface area contributed by atoms with Crippen LogP contribution in [0.5, 0.6) is 0 Å². The van der Waals surface area contributed by atoms with Gasteiger partial charge < -0.3 is 14.7 Å². The molecule has 4 unspecified atom stereocenters. The molecule has 25 radical (unpaired) electrons. The highest BCUT2D eigenvalue weighted by molar-refractivity contribution is 7.60. The summed E-state index contributed by atoms with van der Waals surface area (Å²) >= 11 is 0. The van der Waals surface area contributed by atoms with Crippen LogP contribution in [-0.2, 0) is 4.79 Å². The summed E-state index contributed by atoms with van der Waals surface area (Å²) < 4.78 is 0. The summed E-state index contributed by atoms with van der Waals surface area (Å²) in [5.41, 5.74) is 0. The minimum Gasteiger partial charge on any atom is -0.337 e. The third-order valence-electron chi connectivity index (χ3n) is 15.1. The molecule has 5 fully saturated rings. The van der Waals surface area contributed by atoms with Crippen molar-refractivity contribution in [3.05, 3.63) is 0 Å². The molecule has 5 saturated heterocycles. The first-order chi connectivity index (χ1) is 33.9. The van der Waals surface area contributed by atoms with E-state index < -0.39 is 12.8 Å². The van der Waals surface area contributed by atoms with Crippen LogP contribution in [0.1, 0.15) is 209 Å². The van der Waals surface area contributed by atoms with Gasteiger partial charge in [-0.25, -0.2) is 0 Å². The van der Waals surface area contributed by atoms with Crippen LogP contribution in [0.2, 0.25) is 0 Å². The first-order valence-corrected chi connectivity index (χ1v) is 29.1. The predicted molar refractivity (Wildman–Crippen MR) is 349 cm³/mol. The molecule has 397 valence electrons. The van der Waals surface area contributed by atoms with Crippen LogP contribution in [0.4, 0.5) is 0 Å². The molecule has 0 aromatic rings. The fraction of sp³-hybridized carbons (Fsp3) is 0.981. The van der Waals surface area contributed by atoms with E-state index in [9.17, 15) is 4.79 Å². The molecule has 1 amide bonds. The van der Waals surface area contributed by atoms with Gasteiger partial charge in [0.2, 0.25) is 5.91 Å². The van der Waals surface area contributed by atoms with Crippen molar-refractivity contribution in [2.75, 3.05) is 39.3 Å². The van der Waals surface area contributed by atoms with Crippen LogP contribution in [0.3, 0.4) is 0 Å². The van der Waals surface area contributed by atoms with E-state index in [1.165, 1.54) is 104 Å². The van der Waals surface area contributed by atoms with Crippen molar-refractivity contribution in [2.24, 2.45) is 41.4 Å². The van der Waals surface area contributed by atoms with Gasteiger partial charge in [-0.2, -0.15) is 0 Å². The van der Waals surface area contributed by atoms with Crippen LogP contribution in [0.25, 0.3) is 0 Å². The zero-order chi connectivity index (χ0) is 57.7. The number of amides is 1. The number of piperidine rings is 3. The molecule has 5 heterocycles. The molecule has 6 nitrogen and oxygen atoms in total. The summed E-state index contributed by atoms with van der Waals surface area (Å²) in [5, 5.41) is 0. The second kappa shape index (κ2) is 49.1. The van der Waals surface area contributed by atoms with Crippen molar-refractivity contribution in [1.29, 1.82) is 0 Å². The molecule has 21 heteroatoms. The van der Waals surface area contributed by atoms with Gasteiger partial charge in [-0.3, -0.25) is 14.6 Å². The normalized spacial score (nSPS) is 21.4. The van der Waals surface area contributed by atoms with E-state index >= 15 is 0 Å². The second-order valence-electron chi connectivity index (χ2n) is 24.2. The number of nitrogens with zero attached hydrogens (tertiary/aromatic N) is 5. The Kier molecular flexibility index (Phi) is 55.2. The lowest BCUT2D eigenvalue weighted by Crippen LogP contribution is -2.46. The SMILES string of the molecule is CC(C)C1CCC(=O)N1C(C)C.CC(C)C1CCCCN1C(C)C.CC(C)C1CCCN(C(C)C)C1.CC(C)C1CCCN1C(C)C.CC(C)C1CCN(C(C)C)CC1.[B].[B]B([B])[B].[B][B].[B][B]B([B])[B].[B][B][B]. The van der Waals surface area contributed by atoms with Gasteiger partial charge in [0.05, 0.1) is 0 Å². The van der Waals surface area contributed by atoms with Crippen LogP contribution in [-0.4, -0.2) is 231 Å². The van der Waals surface area contributed by atoms with Crippen molar-refractivity contribution in [1.82, 2.24) is 24.5 Å². The molecular formula is C53H109B15N5O. The van der Waals surface area contributed by atoms with Crippen molar-refractivity contribution in [2.45, 2.75) is 257 Å². The summed E-state index contributed by atoms with van der Waals surface area (Å²) in [6, 6.07) is 5.52. The van der Waals surface area contributed by atoms with E-state index in [0.29, 0.717) is 23.9 Å². The Morgan fingerprint density at radius 3 is 1.11 bits per heavy atom. The lowest BCUT2D eigenvalue weighted by Gasteiger charge is -2.40. The lowest BCUT2D eigenvalue weighted by molar-refractivity contribution is -0.131. The molecule has 74 heavy (non-hydrogen) atoms. The number of hydrogen-bond acceptors (Lipinski definition) is 5. The highest BCUT2D eigenvalue weighted by Crippen LogP contribution is 2.29. The Hall–Kier alpha value is 0.284. The smallest absolute Gasteiger partial charge is 0.223 e. The number of carbonyl (C=O) groups is 1. The topological polar surface area (TPSA) is 33.3 Å². The number of likely N-dealkylation sites (tertiary alicyclic amines) is 5. The molecule has 5 aliphatic rings. The largest absolute Gasteiger partial charge is 0.337 e. The minimum atomic E-state index is -0.667. The fourth-order valence-corrected chi connectivity index (χ4v) is 10.7. The maximum Gasteiger partial charge on any atom is 0.223 e. The van der Waals surface area contributed by atoms with Crippen molar-refractivity contribution in [3.8, 4) is 0 Å². The molecule has 0 N–H and O–H groups in total. The van der Waals surface area contributed by atoms with E-state index in [0.717, 1.165) is 91.7 Å².